The maximum Gasteiger partial charge on any atom is 0.295 e. The first kappa shape index (κ1) is 7.02. The zero-order valence-corrected chi connectivity index (χ0v) is 5.63. The second kappa shape index (κ2) is 2.66. The van der Waals surface area contributed by atoms with E-state index in [-0.39, 0.29) is 10.7 Å². The average Bonchev–Trinajstić information content (AvgIpc) is 1.88. The van der Waals surface area contributed by atoms with E-state index in [0.29, 0.717) is 0 Å². The Balaban J connectivity index is 3.15. The lowest BCUT2D eigenvalue weighted by atomic mass is 10.3. The van der Waals surface area contributed by atoms with Gasteiger partial charge in [0, 0.05) is 0 Å². The van der Waals surface area contributed by atoms with Crippen LogP contribution in [0.3, 0.4) is 0 Å². The third-order valence-electron chi connectivity index (χ3n) is 0.968. The minimum atomic E-state index is -0.567. The Bertz CT molecular complexity index is 262. The summed E-state index contributed by atoms with van der Waals surface area (Å²) in [6.45, 7) is 0. The molecule has 0 heterocycles. The van der Waals surface area contributed by atoms with Crippen LogP contribution in [0.15, 0.2) is 18.2 Å². The molecule has 0 N–H and O–H groups in total. The number of halogens is 1. The largest absolute Gasteiger partial charge is 0.295 e. The number of nitrogens with zero attached hydrogens (tertiary/aromatic N) is 1. The van der Waals surface area contributed by atoms with Gasteiger partial charge in [0.25, 0.3) is 5.69 Å². The summed E-state index contributed by atoms with van der Waals surface area (Å²) < 4.78 is 0. The number of nitro groups is 1. The van der Waals surface area contributed by atoms with Gasteiger partial charge in [-0.05, 0) is 12.1 Å². The molecule has 0 atom stereocenters. The van der Waals surface area contributed by atoms with Crippen LogP contribution in [-0.4, -0.2) is 4.92 Å². The second-order valence-electron chi connectivity index (χ2n) is 1.62. The highest BCUT2D eigenvalue weighted by atomic mass is 35.5. The summed E-state index contributed by atoms with van der Waals surface area (Å²) in [5, 5.41) is 10.2. The summed E-state index contributed by atoms with van der Waals surface area (Å²) in [6, 6.07) is 6.90. The van der Waals surface area contributed by atoms with E-state index < -0.39 is 4.92 Å². The van der Waals surface area contributed by atoms with Crippen LogP contribution in [0.25, 0.3) is 0 Å². The third kappa shape index (κ3) is 1.25. The molecule has 0 fully saturated rings. The van der Waals surface area contributed by atoms with Gasteiger partial charge in [0.15, 0.2) is 0 Å². The van der Waals surface area contributed by atoms with Crippen molar-refractivity contribution in [3.8, 4) is 0 Å². The van der Waals surface area contributed by atoms with Crippen LogP contribution in [0.2, 0.25) is 5.02 Å². The lowest BCUT2D eigenvalue weighted by Crippen LogP contribution is -1.87. The van der Waals surface area contributed by atoms with Crippen molar-refractivity contribution in [2.75, 3.05) is 0 Å². The first-order valence-electron chi connectivity index (χ1n) is 2.52. The summed E-state index contributed by atoms with van der Waals surface area (Å²) >= 11 is 5.45. The fourth-order valence-electron chi connectivity index (χ4n) is 0.547. The number of nitro benzene ring substituents is 1. The SMILES string of the molecule is O=[N+]([O-])c1[c]cccc1Cl. The van der Waals surface area contributed by atoms with Gasteiger partial charge >= 0.3 is 0 Å². The van der Waals surface area contributed by atoms with Gasteiger partial charge in [0.05, 0.1) is 11.0 Å². The van der Waals surface area contributed by atoms with Gasteiger partial charge in [-0.3, -0.25) is 10.1 Å². The third-order valence-corrected chi connectivity index (χ3v) is 1.27. The van der Waals surface area contributed by atoms with Gasteiger partial charge in [-0.1, -0.05) is 17.7 Å². The van der Waals surface area contributed by atoms with Crippen molar-refractivity contribution in [3.63, 3.8) is 0 Å². The summed E-state index contributed by atoms with van der Waals surface area (Å²) in [5.74, 6) is 0. The molecule has 0 spiro atoms. The number of benzene rings is 1. The van der Waals surface area contributed by atoms with Crippen LogP contribution in [0.4, 0.5) is 5.69 Å². The second-order valence-corrected chi connectivity index (χ2v) is 2.03. The molecule has 0 amide bonds. The highest BCUT2D eigenvalue weighted by Crippen LogP contribution is 2.21. The topological polar surface area (TPSA) is 43.1 Å². The Hall–Kier alpha value is -1.09. The normalized spacial score (nSPS) is 9.30. The molecule has 10 heavy (non-hydrogen) atoms. The monoisotopic (exact) mass is 156 g/mol. The van der Waals surface area contributed by atoms with Gasteiger partial charge in [0.2, 0.25) is 0 Å². The standard InChI is InChI=1S/C6H3ClNO2/c7-5-3-1-2-4-6(5)8(9)10/h1-3H. The zero-order chi connectivity index (χ0) is 7.56. The minimum Gasteiger partial charge on any atom is -0.258 e. The highest BCUT2D eigenvalue weighted by Gasteiger charge is 2.08. The van der Waals surface area contributed by atoms with Crippen molar-refractivity contribution in [1.82, 2.24) is 0 Å². The molecule has 1 radical (unpaired) electrons. The molecule has 0 unspecified atom stereocenters. The molecule has 0 saturated carbocycles. The molecule has 1 aromatic carbocycles. The van der Waals surface area contributed by atoms with Crippen molar-refractivity contribution in [1.29, 1.82) is 0 Å². The van der Waals surface area contributed by atoms with Crippen LogP contribution < -0.4 is 0 Å². The number of para-hydroxylation sites is 1. The van der Waals surface area contributed by atoms with E-state index in [1.807, 2.05) is 0 Å². The highest BCUT2D eigenvalue weighted by molar-refractivity contribution is 6.32. The van der Waals surface area contributed by atoms with E-state index >= 15 is 0 Å². The summed E-state index contributed by atoms with van der Waals surface area (Å²) in [7, 11) is 0. The summed E-state index contributed by atoms with van der Waals surface area (Å²) in [5.41, 5.74) is -0.177. The van der Waals surface area contributed by atoms with Gasteiger partial charge in [-0.25, -0.2) is 0 Å². The summed E-state index contributed by atoms with van der Waals surface area (Å²) in [4.78, 5) is 9.54. The van der Waals surface area contributed by atoms with Gasteiger partial charge in [-0.2, -0.15) is 0 Å². The smallest absolute Gasteiger partial charge is 0.258 e. The Kier molecular flexibility index (Phi) is 1.87. The van der Waals surface area contributed by atoms with Crippen molar-refractivity contribution in [2.45, 2.75) is 0 Å². The molecule has 4 heteroatoms. The van der Waals surface area contributed by atoms with Gasteiger partial charge < -0.3 is 0 Å². The van der Waals surface area contributed by atoms with Gasteiger partial charge in [0.1, 0.15) is 5.02 Å². The average molecular weight is 157 g/mol. The Morgan fingerprint density at radius 2 is 2.40 bits per heavy atom. The van der Waals surface area contributed by atoms with E-state index in [1.54, 1.807) is 6.07 Å². The molecule has 0 aliphatic heterocycles. The molecule has 0 aromatic heterocycles. The first-order valence-corrected chi connectivity index (χ1v) is 2.90. The van der Waals surface area contributed by atoms with Crippen molar-refractivity contribution >= 4 is 17.3 Å². The fourth-order valence-corrected chi connectivity index (χ4v) is 0.744. The lowest BCUT2D eigenvalue weighted by molar-refractivity contribution is -0.385. The molecule has 0 bridgehead atoms. The molecule has 0 aliphatic rings. The Morgan fingerprint density at radius 3 is 2.80 bits per heavy atom. The van der Waals surface area contributed by atoms with Crippen LogP contribution in [0, 0.1) is 16.2 Å². The number of rotatable bonds is 1. The van der Waals surface area contributed by atoms with E-state index in [0.717, 1.165) is 0 Å². The molecular weight excluding hydrogens is 154 g/mol. The maximum absolute atomic E-state index is 10.1. The van der Waals surface area contributed by atoms with Crippen molar-refractivity contribution < 1.29 is 4.92 Å². The minimum absolute atomic E-state index is 0.118. The van der Waals surface area contributed by atoms with Crippen molar-refractivity contribution in [2.24, 2.45) is 0 Å². The molecule has 3 nitrogen and oxygen atoms in total. The molecule has 0 aliphatic carbocycles. The fraction of sp³-hybridized carbons (Fsp3) is 0. The lowest BCUT2D eigenvalue weighted by Gasteiger charge is -1.90. The predicted octanol–water partition coefficient (Wildman–Crippen LogP) is 2.05. The van der Waals surface area contributed by atoms with E-state index in [4.69, 9.17) is 11.6 Å². The predicted molar refractivity (Wildman–Crippen MR) is 36.9 cm³/mol. The van der Waals surface area contributed by atoms with E-state index in [1.165, 1.54) is 12.1 Å². The van der Waals surface area contributed by atoms with E-state index in [9.17, 15) is 10.1 Å². The molecule has 51 valence electrons. The number of hydrogen-bond donors (Lipinski definition) is 0. The molecule has 1 aromatic rings. The van der Waals surface area contributed by atoms with Crippen LogP contribution in [-0.2, 0) is 0 Å². The van der Waals surface area contributed by atoms with Crippen LogP contribution in [0.1, 0.15) is 0 Å². The zero-order valence-electron chi connectivity index (χ0n) is 4.87. The van der Waals surface area contributed by atoms with Crippen molar-refractivity contribution in [3.05, 3.63) is 39.4 Å². The van der Waals surface area contributed by atoms with Crippen LogP contribution >= 0.6 is 11.6 Å². The quantitative estimate of drug-likeness (QED) is 0.461. The maximum atomic E-state index is 10.1. The van der Waals surface area contributed by atoms with Crippen LogP contribution in [0.5, 0.6) is 0 Å². The van der Waals surface area contributed by atoms with E-state index in [2.05, 4.69) is 6.07 Å². The van der Waals surface area contributed by atoms with Gasteiger partial charge in [-0.15, -0.1) is 0 Å². The molecule has 0 saturated heterocycles. The Morgan fingerprint density at radius 1 is 1.70 bits per heavy atom. The first-order chi connectivity index (χ1) is 4.72. The Labute approximate surface area is 62.4 Å². The molecule has 1 rings (SSSR count). The molecular formula is C6H3ClNO2. The number of hydrogen-bond acceptors (Lipinski definition) is 2. The summed E-state index contributed by atoms with van der Waals surface area (Å²) in [6.07, 6.45) is 0.